The minimum atomic E-state index is -1.17. The van der Waals surface area contributed by atoms with E-state index in [1.807, 2.05) is 0 Å². The van der Waals surface area contributed by atoms with E-state index < -0.39 is 13.1 Å². The van der Waals surface area contributed by atoms with Gasteiger partial charge < -0.3 is 35.5 Å². The number of carbonyl (C=O) groups excluding carboxylic acids is 1. The summed E-state index contributed by atoms with van der Waals surface area (Å²) in [6.45, 7) is 1.42. The van der Waals surface area contributed by atoms with Gasteiger partial charge in [-0.05, 0) is 30.8 Å². The monoisotopic (exact) mass is 447 g/mol. The average molecular weight is 448 g/mol. The van der Waals surface area contributed by atoms with Crippen molar-refractivity contribution in [2.24, 2.45) is 5.73 Å². The Labute approximate surface area is 180 Å². The van der Waals surface area contributed by atoms with Gasteiger partial charge in [-0.2, -0.15) is 0 Å². The van der Waals surface area contributed by atoms with Crippen molar-refractivity contribution in [1.82, 2.24) is 10.2 Å². The van der Waals surface area contributed by atoms with E-state index in [2.05, 4.69) is 5.32 Å². The van der Waals surface area contributed by atoms with Gasteiger partial charge in [0.2, 0.25) is 5.91 Å². The van der Waals surface area contributed by atoms with E-state index in [1.54, 1.807) is 17.0 Å². The molecule has 0 aliphatic carbocycles. The van der Waals surface area contributed by atoms with Crippen LogP contribution in [0.15, 0.2) is 12.1 Å². The number of carboxylic acids is 1. The molecular formula is C17H24BCl2N3O6. The van der Waals surface area contributed by atoms with Gasteiger partial charge in [0.25, 0.3) is 0 Å². The summed E-state index contributed by atoms with van der Waals surface area (Å²) in [7, 11) is -1.02. The molecule has 0 bridgehead atoms. The highest BCUT2D eigenvalue weighted by Gasteiger charge is 2.39. The largest absolute Gasteiger partial charge is 0.535 e. The predicted octanol–water partition coefficient (Wildman–Crippen LogP) is -0.0774. The first kappa shape index (κ1) is 23.6. The Morgan fingerprint density at radius 1 is 1.31 bits per heavy atom. The van der Waals surface area contributed by atoms with Crippen molar-refractivity contribution in [3.63, 3.8) is 0 Å². The summed E-state index contributed by atoms with van der Waals surface area (Å²) in [4.78, 5) is 25.8. The number of ether oxygens (including phenoxy) is 1. The second kappa shape index (κ2) is 9.40. The molecular weight excluding hydrogens is 424 g/mol. The third-order valence-corrected chi connectivity index (χ3v) is 5.25. The van der Waals surface area contributed by atoms with Crippen LogP contribution in [0.25, 0.3) is 0 Å². The number of nitrogens with two attached hydrogens (primary N) is 1. The van der Waals surface area contributed by atoms with Crippen molar-refractivity contribution in [2.45, 2.75) is 37.3 Å². The summed E-state index contributed by atoms with van der Waals surface area (Å²) in [5.74, 6) is -0.825. The number of hydrogen-bond acceptors (Lipinski definition) is 7. The minimum Gasteiger partial charge on any atom is -0.535 e. The van der Waals surface area contributed by atoms with Crippen LogP contribution in [0.2, 0.25) is 6.32 Å². The van der Waals surface area contributed by atoms with Gasteiger partial charge in [0, 0.05) is 12.6 Å². The van der Waals surface area contributed by atoms with Crippen LogP contribution in [0.3, 0.4) is 0 Å². The second-order valence-corrected chi connectivity index (χ2v) is 7.28. The van der Waals surface area contributed by atoms with E-state index in [-0.39, 0.29) is 66.0 Å². The van der Waals surface area contributed by atoms with Crippen LogP contribution in [0.5, 0.6) is 11.5 Å². The van der Waals surface area contributed by atoms with Gasteiger partial charge in [-0.15, -0.1) is 24.8 Å². The number of nitrogens with one attached hydrogen (secondary N) is 1. The molecule has 0 radical (unpaired) electrons. The van der Waals surface area contributed by atoms with E-state index in [0.717, 1.165) is 5.56 Å². The quantitative estimate of drug-likeness (QED) is 0.471. The van der Waals surface area contributed by atoms with E-state index in [9.17, 15) is 19.7 Å². The molecule has 1 amide bonds. The maximum atomic E-state index is 12.4. The Kier molecular flexibility index (Phi) is 7.64. The number of benzene rings is 1. The molecule has 3 heterocycles. The van der Waals surface area contributed by atoms with Gasteiger partial charge in [0.05, 0.1) is 19.1 Å². The molecule has 3 aliphatic rings. The Morgan fingerprint density at radius 2 is 2.03 bits per heavy atom. The number of aryl methyl sites for hydroxylation is 1. The summed E-state index contributed by atoms with van der Waals surface area (Å²) in [6, 6.07) is 3.12. The molecule has 29 heavy (non-hydrogen) atoms. The van der Waals surface area contributed by atoms with Crippen LogP contribution in [0.4, 0.5) is 0 Å². The van der Waals surface area contributed by atoms with Gasteiger partial charge in [-0.1, -0.05) is 6.07 Å². The zero-order valence-corrected chi connectivity index (χ0v) is 17.2. The maximum absolute atomic E-state index is 12.4. The lowest BCUT2D eigenvalue weighted by Gasteiger charge is -2.40. The highest BCUT2D eigenvalue weighted by molar-refractivity contribution is 6.44. The van der Waals surface area contributed by atoms with Crippen molar-refractivity contribution in [3.05, 3.63) is 23.3 Å². The van der Waals surface area contributed by atoms with Crippen molar-refractivity contribution >= 4 is 43.8 Å². The molecule has 0 unspecified atom stereocenters. The number of hydrogen-bond donors (Lipinski definition) is 4. The second-order valence-electron chi connectivity index (χ2n) is 7.28. The molecule has 1 aromatic rings. The van der Waals surface area contributed by atoms with E-state index in [1.165, 1.54) is 0 Å². The highest BCUT2D eigenvalue weighted by atomic mass is 35.5. The number of aromatic carboxylic acids is 1. The molecule has 160 valence electrons. The van der Waals surface area contributed by atoms with Gasteiger partial charge >= 0.3 is 13.1 Å². The van der Waals surface area contributed by atoms with Crippen LogP contribution in [-0.4, -0.2) is 71.8 Å². The first-order chi connectivity index (χ1) is 12.9. The van der Waals surface area contributed by atoms with Gasteiger partial charge in [0.1, 0.15) is 23.2 Å². The summed E-state index contributed by atoms with van der Waals surface area (Å²) in [5.41, 5.74) is 6.47. The summed E-state index contributed by atoms with van der Waals surface area (Å²) >= 11 is 0. The molecule has 2 saturated heterocycles. The average Bonchev–Trinajstić information content (AvgIpc) is 3.02. The first-order valence-electron chi connectivity index (χ1n) is 9.10. The Morgan fingerprint density at radius 3 is 2.66 bits per heavy atom. The van der Waals surface area contributed by atoms with Crippen molar-refractivity contribution in [2.75, 3.05) is 19.6 Å². The molecule has 3 aliphatic heterocycles. The van der Waals surface area contributed by atoms with E-state index >= 15 is 0 Å². The predicted molar refractivity (Wildman–Crippen MR) is 110 cm³/mol. The number of carbonyl (C=O) groups is 2. The fourth-order valence-electron chi connectivity index (χ4n) is 3.76. The van der Waals surface area contributed by atoms with Crippen molar-refractivity contribution in [1.29, 1.82) is 0 Å². The summed E-state index contributed by atoms with van der Waals surface area (Å²) in [6.07, 6.45) is 1.30. The Balaban J connectivity index is 0.00000150. The third-order valence-electron chi connectivity index (χ3n) is 5.25. The molecule has 2 fully saturated rings. The fourth-order valence-corrected chi connectivity index (χ4v) is 3.76. The van der Waals surface area contributed by atoms with E-state index in [4.69, 9.17) is 15.1 Å². The molecule has 2 atom stereocenters. The number of rotatable bonds is 4. The zero-order valence-electron chi connectivity index (χ0n) is 15.6. The molecule has 5 N–H and O–H groups in total. The molecule has 4 rings (SSSR count). The summed E-state index contributed by atoms with van der Waals surface area (Å²) in [5, 5.41) is 22.4. The fraction of sp³-hybridized carbons (Fsp3) is 0.529. The number of carboxylic acid groups (broad SMARTS) is 1. The molecule has 12 heteroatoms. The van der Waals surface area contributed by atoms with Gasteiger partial charge in [-0.3, -0.25) is 4.79 Å². The lowest BCUT2D eigenvalue weighted by Crippen LogP contribution is -2.59. The SMILES string of the molecule is Cl.Cl.N[C@H]1CN[C@H](C(=O)N2CC(Oc3ccc4c(c3C(=O)O)OB(O)CC4)C2)C1. The first-order valence-corrected chi connectivity index (χ1v) is 9.10. The van der Waals surface area contributed by atoms with E-state index in [0.29, 0.717) is 38.8 Å². The van der Waals surface area contributed by atoms with Crippen LogP contribution in [0.1, 0.15) is 22.3 Å². The summed E-state index contributed by atoms with van der Waals surface area (Å²) < 4.78 is 11.2. The molecule has 1 aromatic carbocycles. The zero-order chi connectivity index (χ0) is 19.1. The Bertz CT molecular complexity index is 780. The minimum absolute atomic E-state index is 0. The molecule has 0 saturated carbocycles. The van der Waals surface area contributed by atoms with Crippen LogP contribution in [0, 0.1) is 0 Å². The number of amides is 1. The molecule has 0 spiro atoms. The van der Waals surface area contributed by atoms with Crippen molar-refractivity contribution < 1.29 is 29.1 Å². The van der Waals surface area contributed by atoms with Crippen LogP contribution in [-0.2, 0) is 11.2 Å². The van der Waals surface area contributed by atoms with Gasteiger partial charge in [0.15, 0.2) is 0 Å². The normalized spacial score (nSPS) is 23.1. The number of nitrogens with zero attached hydrogens (tertiary/aromatic N) is 1. The van der Waals surface area contributed by atoms with Crippen LogP contribution < -0.4 is 20.4 Å². The van der Waals surface area contributed by atoms with Crippen molar-refractivity contribution in [3.8, 4) is 11.5 Å². The third kappa shape index (κ3) is 4.72. The maximum Gasteiger partial charge on any atom is 0.522 e. The van der Waals surface area contributed by atoms with Crippen LogP contribution >= 0.6 is 24.8 Å². The highest BCUT2D eigenvalue weighted by Crippen LogP contribution is 2.37. The number of fused-ring (bicyclic) bond motifs is 1. The molecule has 9 nitrogen and oxygen atoms in total. The van der Waals surface area contributed by atoms with Gasteiger partial charge in [-0.25, -0.2) is 4.79 Å². The standard InChI is InChI=1S/C17H22BN3O6.2ClH/c19-10-5-12(20-6-10)16(22)21-7-11(8-21)26-13-2-1-9-3-4-18(25)27-15(9)14(13)17(23)24;;/h1-2,10-12,20,25H,3-8,19H2,(H,23,24);2*1H/t10-,12+;;/m1../s1. The smallest absolute Gasteiger partial charge is 0.522 e. The number of likely N-dealkylation sites (tertiary alicyclic amines) is 1. The number of halogens is 2. The topological polar surface area (TPSA) is 134 Å². The lowest BCUT2D eigenvalue weighted by molar-refractivity contribution is -0.142. The Hall–Kier alpha value is -1.72. The molecule has 0 aromatic heterocycles. The lowest BCUT2D eigenvalue weighted by atomic mass is 9.78.